The number of Topliss-reactive ketones (excluding diaryl/α,β-unsaturated/α-hetero) is 1. The fourth-order valence-electron chi connectivity index (χ4n) is 3.47. The first-order valence-corrected chi connectivity index (χ1v) is 10.9. The average Bonchev–Trinajstić information content (AvgIpc) is 2.78. The summed E-state index contributed by atoms with van der Waals surface area (Å²) in [6, 6.07) is 8.89. The van der Waals surface area contributed by atoms with E-state index >= 15 is 0 Å². The van der Waals surface area contributed by atoms with Crippen LogP contribution in [0, 0.1) is 6.92 Å². The number of nitrogens with zero attached hydrogens (tertiary/aromatic N) is 1. The van der Waals surface area contributed by atoms with Crippen LogP contribution in [-0.4, -0.2) is 62.4 Å². The van der Waals surface area contributed by atoms with Gasteiger partial charge in [0.2, 0.25) is 0 Å². The molecule has 1 heterocycles. The smallest absolute Gasteiger partial charge is 0.173 e. The average molecular weight is 479 g/mol. The molecule has 2 aromatic rings. The van der Waals surface area contributed by atoms with Crippen LogP contribution in [0.4, 0.5) is 5.69 Å². The molecule has 1 fully saturated rings. The van der Waals surface area contributed by atoms with Crippen molar-refractivity contribution in [1.82, 2.24) is 4.90 Å². The zero-order valence-electron chi connectivity index (χ0n) is 18.6. The molecule has 1 unspecified atom stereocenters. The van der Waals surface area contributed by atoms with E-state index in [9.17, 15) is 4.79 Å². The minimum Gasteiger partial charge on any atom is -0.495 e. The van der Waals surface area contributed by atoms with Gasteiger partial charge in [-0.1, -0.05) is 11.6 Å². The van der Waals surface area contributed by atoms with Gasteiger partial charge in [0, 0.05) is 30.8 Å². The summed E-state index contributed by atoms with van der Waals surface area (Å²) in [5.74, 6) is 1.83. The molecule has 1 saturated heterocycles. The zero-order valence-corrected chi connectivity index (χ0v) is 20.1. The number of ketones is 1. The van der Waals surface area contributed by atoms with E-state index in [0.29, 0.717) is 64.9 Å². The van der Waals surface area contributed by atoms with E-state index in [1.807, 2.05) is 17.9 Å². The van der Waals surface area contributed by atoms with Crippen LogP contribution in [0.25, 0.3) is 0 Å². The van der Waals surface area contributed by atoms with Gasteiger partial charge in [-0.05, 0) is 49.8 Å². The van der Waals surface area contributed by atoms with Gasteiger partial charge in [0.25, 0.3) is 0 Å². The highest BCUT2D eigenvalue weighted by atomic mass is 35.5. The maximum Gasteiger partial charge on any atom is 0.173 e. The van der Waals surface area contributed by atoms with Gasteiger partial charge in [-0.15, -0.1) is 0 Å². The maximum absolute atomic E-state index is 11.6. The van der Waals surface area contributed by atoms with Crippen molar-refractivity contribution in [3.63, 3.8) is 0 Å². The van der Waals surface area contributed by atoms with E-state index in [0.717, 1.165) is 5.56 Å². The molecule has 1 atom stereocenters. The Morgan fingerprint density at radius 2 is 2.00 bits per heavy atom. The summed E-state index contributed by atoms with van der Waals surface area (Å²) in [4.78, 5) is 13.6. The monoisotopic (exact) mass is 478 g/mol. The fourth-order valence-corrected chi connectivity index (χ4v) is 3.97. The van der Waals surface area contributed by atoms with Crippen molar-refractivity contribution in [1.29, 1.82) is 0 Å². The van der Waals surface area contributed by atoms with Crippen LogP contribution in [0.2, 0.25) is 5.02 Å². The number of morpholine rings is 1. The van der Waals surface area contributed by atoms with Crippen molar-refractivity contribution in [2.45, 2.75) is 20.0 Å². The Balaban J connectivity index is 1.60. The zero-order chi connectivity index (χ0) is 23.3. The lowest BCUT2D eigenvalue weighted by molar-refractivity contribution is -0.0280. The van der Waals surface area contributed by atoms with E-state index in [1.54, 1.807) is 45.4 Å². The topological polar surface area (TPSA) is 69.3 Å². The maximum atomic E-state index is 11.6. The summed E-state index contributed by atoms with van der Waals surface area (Å²) in [6.45, 7) is 5.58. The number of aryl methyl sites for hydroxylation is 1. The van der Waals surface area contributed by atoms with E-state index in [1.165, 1.54) is 0 Å². The molecular weight excluding hydrogens is 452 g/mol. The third kappa shape index (κ3) is 5.82. The minimum absolute atomic E-state index is 0.0382. The largest absolute Gasteiger partial charge is 0.495 e. The van der Waals surface area contributed by atoms with Gasteiger partial charge in [0.05, 0.1) is 31.5 Å². The number of hydrogen-bond donors (Lipinski definition) is 1. The molecule has 9 heteroatoms. The summed E-state index contributed by atoms with van der Waals surface area (Å²) in [5, 5.41) is 4.22. The Labute approximate surface area is 198 Å². The molecule has 7 nitrogen and oxygen atoms in total. The van der Waals surface area contributed by atoms with Crippen molar-refractivity contribution in [3.05, 3.63) is 46.5 Å². The van der Waals surface area contributed by atoms with Gasteiger partial charge in [0.1, 0.15) is 30.0 Å². The lowest BCUT2D eigenvalue weighted by Gasteiger charge is -2.34. The number of methoxy groups -OCH3 is 2. The molecule has 0 aliphatic carbocycles. The molecule has 1 aliphatic heterocycles. The number of benzene rings is 2. The predicted molar refractivity (Wildman–Crippen MR) is 129 cm³/mol. The van der Waals surface area contributed by atoms with Crippen molar-refractivity contribution < 1.29 is 23.7 Å². The SMILES string of the molecule is COc1cc(NC(=S)N2CCOC(COc3ccc(C(C)=O)c(C)c3)C2)c(OC)cc1Cl. The van der Waals surface area contributed by atoms with Gasteiger partial charge >= 0.3 is 0 Å². The Morgan fingerprint density at radius 3 is 2.66 bits per heavy atom. The predicted octanol–water partition coefficient (Wildman–Crippen LogP) is 4.34. The number of anilines is 1. The molecule has 172 valence electrons. The molecule has 0 amide bonds. The van der Waals surface area contributed by atoms with Crippen LogP contribution < -0.4 is 19.5 Å². The number of nitrogens with one attached hydrogen (secondary N) is 1. The van der Waals surface area contributed by atoms with Crippen molar-refractivity contribution >= 4 is 40.4 Å². The first kappa shape index (κ1) is 24.1. The van der Waals surface area contributed by atoms with Crippen LogP contribution in [-0.2, 0) is 4.74 Å². The number of hydrogen-bond acceptors (Lipinski definition) is 6. The molecule has 0 bridgehead atoms. The molecule has 2 aromatic carbocycles. The van der Waals surface area contributed by atoms with Crippen molar-refractivity contribution in [3.8, 4) is 17.2 Å². The van der Waals surface area contributed by atoms with Crippen LogP contribution in [0.15, 0.2) is 30.3 Å². The summed E-state index contributed by atoms with van der Waals surface area (Å²) in [7, 11) is 3.12. The number of thiocarbonyl (C=S) groups is 1. The molecular formula is C23H27ClN2O5S. The summed E-state index contributed by atoms with van der Waals surface area (Å²) in [6.07, 6.45) is -0.155. The number of ether oxygens (including phenoxy) is 4. The number of carbonyl (C=O) groups is 1. The highest BCUT2D eigenvalue weighted by molar-refractivity contribution is 7.80. The Bertz CT molecular complexity index is 1000. The molecule has 0 spiro atoms. The van der Waals surface area contributed by atoms with Gasteiger partial charge in [-0.25, -0.2) is 0 Å². The molecule has 1 aliphatic rings. The number of rotatable bonds is 7. The van der Waals surface area contributed by atoms with Gasteiger partial charge in [-0.2, -0.15) is 0 Å². The lowest BCUT2D eigenvalue weighted by Crippen LogP contribution is -2.49. The molecule has 32 heavy (non-hydrogen) atoms. The highest BCUT2D eigenvalue weighted by Crippen LogP contribution is 2.36. The third-order valence-corrected chi connectivity index (χ3v) is 5.81. The van der Waals surface area contributed by atoms with Crippen molar-refractivity contribution in [2.75, 3.05) is 45.8 Å². The molecule has 0 aromatic heterocycles. The standard InChI is InChI=1S/C23H27ClN2O5S/c1-14-9-16(5-6-18(14)15(2)27)31-13-17-12-26(7-8-30-17)23(32)25-20-11-21(28-3)19(24)10-22(20)29-4/h5-6,9-11,17H,7-8,12-13H2,1-4H3,(H,25,32). The molecule has 0 saturated carbocycles. The van der Waals surface area contributed by atoms with Gasteiger partial charge < -0.3 is 29.2 Å². The van der Waals surface area contributed by atoms with Crippen LogP contribution >= 0.6 is 23.8 Å². The first-order chi connectivity index (χ1) is 15.3. The molecule has 0 radical (unpaired) electrons. The third-order valence-electron chi connectivity index (χ3n) is 5.15. The lowest BCUT2D eigenvalue weighted by atomic mass is 10.1. The Hall–Kier alpha value is -2.55. The number of halogens is 1. The second-order valence-corrected chi connectivity index (χ2v) is 8.19. The summed E-state index contributed by atoms with van der Waals surface area (Å²) >= 11 is 11.8. The summed E-state index contributed by atoms with van der Waals surface area (Å²) in [5.41, 5.74) is 2.25. The van der Waals surface area contributed by atoms with Crippen LogP contribution in [0.1, 0.15) is 22.8 Å². The molecule has 1 N–H and O–H groups in total. The van der Waals surface area contributed by atoms with Crippen molar-refractivity contribution in [2.24, 2.45) is 0 Å². The van der Waals surface area contributed by atoms with Crippen LogP contribution in [0.3, 0.4) is 0 Å². The second-order valence-electron chi connectivity index (χ2n) is 7.40. The Morgan fingerprint density at radius 1 is 1.25 bits per heavy atom. The van der Waals surface area contributed by atoms with E-state index in [-0.39, 0.29) is 11.9 Å². The van der Waals surface area contributed by atoms with Gasteiger partial charge in [-0.3, -0.25) is 4.79 Å². The quantitative estimate of drug-likeness (QED) is 0.465. The van der Waals surface area contributed by atoms with Crippen LogP contribution in [0.5, 0.6) is 17.2 Å². The second kappa shape index (κ2) is 10.8. The highest BCUT2D eigenvalue weighted by Gasteiger charge is 2.24. The minimum atomic E-state index is -0.155. The molecule has 3 rings (SSSR count). The fraction of sp³-hybridized carbons (Fsp3) is 0.391. The Kier molecular flexibility index (Phi) is 8.17. The van der Waals surface area contributed by atoms with E-state index < -0.39 is 0 Å². The van der Waals surface area contributed by atoms with Gasteiger partial charge in [0.15, 0.2) is 10.9 Å². The number of carbonyl (C=O) groups excluding carboxylic acids is 1. The van der Waals surface area contributed by atoms with E-state index in [4.69, 9.17) is 42.8 Å². The first-order valence-electron chi connectivity index (χ1n) is 10.2. The normalized spacial score (nSPS) is 15.8. The van der Waals surface area contributed by atoms with E-state index in [2.05, 4.69) is 5.32 Å². The summed E-state index contributed by atoms with van der Waals surface area (Å²) < 4.78 is 22.5.